The summed E-state index contributed by atoms with van der Waals surface area (Å²) in [7, 11) is 0. The summed E-state index contributed by atoms with van der Waals surface area (Å²) >= 11 is 0. The number of hydrogen-bond donors (Lipinski definition) is 2. The van der Waals surface area contributed by atoms with E-state index >= 15 is 0 Å². The minimum absolute atomic E-state index is 0.250. The number of pyridine rings is 1. The summed E-state index contributed by atoms with van der Waals surface area (Å²) in [5, 5.41) is 8.13. The number of hydrogen-bond acceptors (Lipinski definition) is 6. The second kappa shape index (κ2) is 9.09. The van der Waals surface area contributed by atoms with Gasteiger partial charge in [-0.2, -0.15) is 0 Å². The quantitative estimate of drug-likeness (QED) is 0.683. The third kappa shape index (κ3) is 4.79. The largest absolute Gasteiger partial charge is 0.483 e. The highest BCUT2D eigenvalue weighted by Crippen LogP contribution is 2.20. The van der Waals surface area contributed by atoms with Crippen molar-refractivity contribution >= 4 is 23.5 Å². The van der Waals surface area contributed by atoms with Gasteiger partial charge in [0.25, 0.3) is 6.47 Å². The van der Waals surface area contributed by atoms with Gasteiger partial charge < -0.3 is 15.0 Å². The molecule has 0 radical (unpaired) electrons. The molecule has 0 bridgehead atoms. The van der Waals surface area contributed by atoms with E-state index < -0.39 is 0 Å². The molecule has 8 nitrogen and oxygen atoms in total. The standard InChI is InChI=1S/C18H22N6.CH2O2/c1-14-10-16-15(12-22-17(16)21-11-14)13-23-6-3-7-24(9-8-23)18-19-4-2-5-20-18;2-1-3/h2,4-5,10-12H,3,6-9,13H2,1H3,(H,21,22);1H,(H,2,3). The Kier molecular flexibility index (Phi) is 6.32. The van der Waals surface area contributed by atoms with Crippen LogP contribution in [0.25, 0.3) is 11.0 Å². The third-order valence-corrected chi connectivity index (χ3v) is 4.57. The highest BCUT2D eigenvalue weighted by atomic mass is 16.3. The molecule has 4 heterocycles. The number of aromatic nitrogens is 4. The van der Waals surface area contributed by atoms with Crippen LogP contribution in [0.15, 0.2) is 36.9 Å². The predicted molar refractivity (Wildman–Crippen MR) is 104 cm³/mol. The van der Waals surface area contributed by atoms with Gasteiger partial charge in [-0.1, -0.05) is 0 Å². The van der Waals surface area contributed by atoms with Crippen molar-refractivity contribution in [2.24, 2.45) is 0 Å². The lowest BCUT2D eigenvalue weighted by molar-refractivity contribution is -0.122. The van der Waals surface area contributed by atoms with Gasteiger partial charge in [0, 0.05) is 62.9 Å². The Morgan fingerprint density at radius 3 is 2.74 bits per heavy atom. The Morgan fingerprint density at radius 1 is 1.19 bits per heavy atom. The Morgan fingerprint density at radius 2 is 1.96 bits per heavy atom. The minimum atomic E-state index is -0.250. The van der Waals surface area contributed by atoms with E-state index in [1.165, 1.54) is 16.5 Å². The fraction of sp³-hybridized carbons (Fsp3) is 0.368. The highest BCUT2D eigenvalue weighted by molar-refractivity contribution is 5.80. The molecule has 4 rings (SSSR count). The van der Waals surface area contributed by atoms with Gasteiger partial charge in [0.1, 0.15) is 5.65 Å². The van der Waals surface area contributed by atoms with Gasteiger partial charge in [0.15, 0.2) is 0 Å². The zero-order chi connectivity index (χ0) is 19.1. The molecule has 8 heteroatoms. The fourth-order valence-electron chi connectivity index (χ4n) is 3.32. The molecular weight excluding hydrogens is 344 g/mol. The molecule has 3 aromatic heterocycles. The SMILES string of the molecule is Cc1cnc2[nH]cc(CN3CCCN(c4ncccn4)CC3)c2c1.O=CO. The topological polar surface area (TPSA) is 98.2 Å². The van der Waals surface area contributed by atoms with Crippen LogP contribution < -0.4 is 4.90 Å². The molecule has 0 aliphatic carbocycles. The van der Waals surface area contributed by atoms with Crippen LogP contribution in [0.2, 0.25) is 0 Å². The minimum Gasteiger partial charge on any atom is -0.483 e. The van der Waals surface area contributed by atoms with Crippen molar-refractivity contribution in [3.05, 3.63) is 48.0 Å². The van der Waals surface area contributed by atoms with Crippen LogP contribution in [0.3, 0.4) is 0 Å². The summed E-state index contributed by atoms with van der Waals surface area (Å²) in [5.74, 6) is 0.839. The van der Waals surface area contributed by atoms with Crippen molar-refractivity contribution in [2.75, 3.05) is 31.1 Å². The summed E-state index contributed by atoms with van der Waals surface area (Å²) in [6, 6.07) is 4.08. The van der Waals surface area contributed by atoms with Crippen LogP contribution in [0.5, 0.6) is 0 Å². The number of carbonyl (C=O) groups is 1. The normalized spacial score (nSPS) is 15.1. The molecule has 3 aromatic rings. The number of aryl methyl sites for hydroxylation is 1. The van der Waals surface area contributed by atoms with E-state index in [0.29, 0.717) is 0 Å². The number of fused-ring (bicyclic) bond motifs is 1. The molecule has 0 unspecified atom stereocenters. The van der Waals surface area contributed by atoms with Crippen LogP contribution in [-0.2, 0) is 11.3 Å². The molecule has 0 spiro atoms. The lowest BCUT2D eigenvalue weighted by Crippen LogP contribution is -2.31. The van der Waals surface area contributed by atoms with Crippen LogP contribution in [0.4, 0.5) is 5.95 Å². The first-order chi connectivity index (χ1) is 13.2. The van der Waals surface area contributed by atoms with E-state index in [4.69, 9.17) is 9.90 Å². The van der Waals surface area contributed by atoms with Crippen LogP contribution in [-0.4, -0.2) is 62.6 Å². The number of nitrogens with one attached hydrogen (secondary N) is 1. The molecule has 1 fully saturated rings. The summed E-state index contributed by atoms with van der Waals surface area (Å²) in [6.45, 7) is 6.87. The van der Waals surface area contributed by atoms with E-state index in [9.17, 15) is 0 Å². The van der Waals surface area contributed by atoms with Crippen molar-refractivity contribution in [3.8, 4) is 0 Å². The van der Waals surface area contributed by atoms with Gasteiger partial charge in [0.05, 0.1) is 0 Å². The van der Waals surface area contributed by atoms with Crippen molar-refractivity contribution < 1.29 is 9.90 Å². The number of anilines is 1. The summed E-state index contributed by atoms with van der Waals surface area (Å²) in [6.07, 6.45) is 8.75. The number of nitrogens with zero attached hydrogens (tertiary/aromatic N) is 5. The molecular formula is C19H24N6O2. The van der Waals surface area contributed by atoms with E-state index in [0.717, 1.165) is 50.7 Å². The molecule has 27 heavy (non-hydrogen) atoms. The second-order valence-electron chi connectivity index (χ2n) is 6.49. The lowest BCUT2D eigenvalue weighted by atomic mass is 10.1. The molecule has 0 aromatic carbocycles. The first-order valence-corrected chi connectivity index (χ1v) is 8.96. The molecule has 0 amide bonds. The zero-order valence-electron chi connectivity index (χ0n) is 15.4. The average Bonchev–Trinajstić information content (AvgIpc) is 2.92. The molecule has 0 atom stereocenters. The van der Waals surface area contributed by atoms with E-state index in [2.05, 4.69) is 48.9 Å². The molecule has 142 valence electrons. The molecule has 2 N–H and O–H groups in total. The zero-order valence-corrected chi connectivity index (χ0v) is 15.4. The Bertz CT molecular complexity index is 867. The predicted octanol–water partition coefficient (Wildman–Crippen LogP) is 2.07. The first-order valence-electron chi connectivity index (χ1n) is 8.96. The van der Waals surface area contributed by atoms with Gasteiger partial charge >= 0.3 is 0 Å². The second-order valence-corrected chi connectivity index (χ2v) is 6.49. The number of carboxylic acid groups (broad SMARTS) is 1. The Hall–Kier alpha value is -3.00. The van der Waals surface area contributed by atoms with Crippen LogP contribution in [0.1, 0.15) is 17.5 Å². The summed E-state index contributed by atoms with van der Waals surface area (Å²) in [4.78, 5) is 29.7. The van der Waals surface area contributed by atoms with Gasteiger partial charge in [-0.15, -0.1) is 0 Å². The van der Waals surface area contributed by atoms with Crippen molar-refractivity contribution in [1.82, 2.24) is 24.8 Å². The number of rotatable bonds is 3. The first kappa shape index (κ1) is 18.8. The van der Waals surface area contributed by atoms with Gasteiger partial charge in [0.2, 0.25) is 5.95 Å². The fourth-order valence-corrected chi connectivity index (χ4v) is 3.32. The Labute approximate surface area is 157 Å². The molecule has 1 saturated heterocycles. The van der Waals surface area contributed by atoms with Crippen LogP contribution >= 0.6 is 0 Å². The van der Waals surface area contributed by atoms with Crippen molar-refractivity contribution in [1.29, 1.82) is 0 Å². The van der Waals surface area contributed by atoms with Crippen molar-refractivity contribution in [3.63, 3.8) is 0 Å². The average molecular weight is 368 g/mol. The maximum atomic E-state index is 8.36. The Balaban J connectivity index is 0.000000659. The van der Waals surface area contributed by atoms with Crippen LogP contribution in [0, 0.1) is 6.92 Å². The molecule has 1 aliphatic heterocycles. The summed E-state index contributed by atoms with van der Waals surface area (Å²) < 4.78 is 0. The van der Waals surface area contributed by atoms with Gasteiger partial charge in [-0.05, 0) is 36.6 Å². The lowest BCUT2D eigenvalue weighted by Gasteiger charge is -2.21. The van der Waals surface area contributed by atoms with E-state index in [-0.39, 0.29) is 6.47 Å². The van der Waals surface area contributed by atoms with E-state index in [1.807, 2.05) is 24.7 Å². The number of aromatic amines is 1. The summed E-state index contributed by atoms with van der Waals surface area (Å²) in [5.41, 5.74) is 3.50. The monoisotopic (exact) mass is 368 g/mol. The van der Waals surface area contributed by atoms with Gasteiger partial charge in [-0.3, -0.25) is 9.69 Å². The maximum Gasteiger partial charge on any atom is 0.290 e. The van der Waals surface area contributed by atoms with Crippen molar-refractivity contribution in [2.45, 2.75) is 19.9 Å². The van der Waals surface area contributed by atoms with E-state index in [1.54, 1.807) is 0 Å². The van der Waals surface area contributed by atoms with Gasteiger partial charge in [-0.25, -0.2) is 15.0 Å². The smallest absolute Gasteiger partial charge is 0.290 e. The maximum absolute atomic E-state index is 8.36. The molecule has 0 saturated carbocycles. The molecule has 1 aliphatic rings. The number of H-pyrrole nitrogens is 1. The highest BCUT2D eigenvalue weighted by Gasteiger charge is 2.18. The third-order valence-electron chi connectivity index (χ3n) is 4.57.